The first-order valence-electron chi connectivity index (χ1n) is 7.07. The van der Waals surface area contributed by atoms with Gasteiger partial charge in [0.25, 0.3) is 17.4 Å². The predicted molar refractivity (Wildman–Crippen MR) is 83.9 cm³/mol. The zero-order valence-electron chi connectivity index (χ0n) is 12.6. The first-order chi connectivity index (χ1) is 10.9. The van der Waals surface area contributed by atoms with Crippen molar-refractivity contribution in [3.8, 4) is 5.75 Å². The van der Waals surface area contributed by atoms with Crippen molar-refractivity contribution >= 4 is 23.2 Å². The second-order valence-electron chi connectivity index (χ2n) is 5.52. The van der Waals surface area contributed by atoms with Crippen LogP contribution in [-0.2, 0) is 9.59 Å². The lowest BCUT2D eigenvalue weighted by Gasteiger charge is -2.33. The largest absolute Gasteiger partial charge is 0.466 e. The Labute approximate surface area is 132 Å². The number of benzene rings is 2. The van der Waals surface area contributed by atoms with Crippen LogP contribution >= 0.6 is 0 Å². The normalized spacial score (nSPS) is 19.3. The topological polar surface area (TPSA) is 67.4 Å². The van der Waals surface area contributed by atoms with Crippen molar-refractivity contribution in [2.75, 3.05) is 10.6 Å². The van der Waals surface area contributed by atoms with Crippen molar-refractivity contribution in [3.63, 3.8) is 0 Å². The second-order valence-corrected chi connectivity index (χ2v) is 5.52. The smallest absolute Gasteiger partial charge is 0.278 e. The first kappa shape index (κ1) is 15.0. The molecule has 2 N–H and O–H groups in total. The van der Waals surface area contributed by atoms with Gasteiger partial charge in [-0.15, -0.1) is 0 Å². The molecule has 0 bridgehead atoms. The van der Waals surface area contributed by atoms with Crippen LogP contribution in [0, 0.1) is 12.7 Å². The summed E-state index contributed by atoms with van der Waals surface area (Å²) in [5.41, 5.74) is -0.507. The number of fused-ring (bicyclic) bond motifs is 1. The average Bonchev–Trinajstić information content (AvgIpc) is 2.52. The van der Waals surface area contributed by atoms with E-state index >= 15 is 0 Å². The molecular weight excluding hydrogens is 299 g/mol. The van der Waals surface area contributed by atoms with Crippen LogP contribution in [0.5, 0.6) is 5.75 Å². The third-order valence-corrected chi connectivity index (χ3v) is 3.69. The van der Waals surface area contributed by atoms with Gasteiger partial charge in [-0.2, -0.15) is 0 Å². The van der Waals surface area contributed by atoms with E-state index in [1.54, 1.807) is 37.3 Å². The molecule has 1 aliphatic rings. The lowest BCUT2D eigenvalue weighted by Crippen LogP contribution is -2.56. The molecule has 0 aliphatic carbocycles. The van der Waals surface area contributed by atoms with E-state index in [0.29, 0.717) is 11.4 Å². The summed E-state index contributed by atoms with van der Waals surface area (Å²) in [5.74, 6) is -1.55. The molecule has 1 unspecified atom stereocenters. The van der Waals surface area contributed by atoms with E-state index in [1.807, 2.05) is 0 Å². The number of ether oxygens (including phenoxy) is 1. The van der Waals surface area contributed by atoms with E-state index in [0.717, 1.165) is 5.56 Å². The number of hydrogen-bond acceptors (Lipinski definition) is 3. The van der Waals surface area contributed by atoms with Crippen molar-refractivity contribution in [1.29, 1.82) is 0 Å². The molecule has 1 heterocycles. The molecule has 0 saturated carbocycles. The molecule has 1 aliphatic heterocycles. The fourth-order valence-electron chi connectivity index (χ4n) is 2.29. The minimum absolute atomic E-state index is 0.00600. The summed E-state index contributed by atoms with van der Waals surface area (Å²) in [7, 11) is 0. The standard InChI is InChI=1S/C17H15FN2O3/c1-10-7-8-11(18)13(9-10)20-16(22)17(2)15(21)19-12-5-3-4-6-14(12)23-17/h3-9H,1-2H3,(H,19,21)(H,20,22). The molecule has 5 nitrogen and oxygen atoms in total. The fraction of sp³-hybridized carbons (Fsp3) is 0.176. The van der Waals surface area contributed by atoms with Crippen molar-refractivity contribution in [2.45, 2.75) is 19.4 Å². The van der Waals surface area contributed by atoms with Gasteiger partial charge in [0.05, 0.1) is 11.4 Å². The molecule has 0 saturated heterocycles. The van der Waals surface area contributed by atoms with Crippen molar-refractivity contribution in [3.05, 3.63) is 53.8 Å². The van der Waals surface area contributed by atoms with Crippen molar-refractivity contribution in [2.24, 2.45) is 0 Å². The van der Waals surface area contributed by atoms with Crippen molar-refractivity contribution in [1.82, 2.24) is 0 Å². The number of halogens is 1. The van der Waals surface area contributed by atoms with Gasteiger partial charge in [0, 0.05) is 0 Å². The Kier molecular flexibility index (Phi) is 3.52. The lowest BCUT2D eigenvalue weighted by atomic mass is 10.0. The molecule has 6 heteroatoms. The molecule has 2 aromatic carbocycles. The number of carbonyl (C=O) groups excluding carboxylic acids is 2. The summed E-state index contributed by atoms with van der Waals surface area (Å²) in [6.07, 6.45) is 0. The number of carbonyl (C=O) groups is 2. The Morgan fingerprint density at radius 1 is 1.26 bits per heavy atom. The highest BCUT2D eigenvalue weighted by Crippen LogP contribution is 2.34. The van der Waals surface area contributed by atoms with Gasteiger partial charge >= 0.3 is 0 Å². The maximum atomic E-state index is 13.8. The number of rotatable bonds is 2. The number of anilines is 2. The van der Waals surface area contributed by atoms with E-state index in [9.17, 15) is 14.0 Å². The SMILES string of the molecule is Cc1ccc(F)c(NC(=O)C2(C)Oc3ccccc3NC2=O)c1. The summed E-state index contributed by atoms with van der Waals surface area (Å²) in [5, 5.41) is 5.05. The van der Waals surface area contributed by atoms with Gasteiger partial charge < -0.3 is 15.4 Å². The summed E-state index contributed by atoms with van der Waals surface area (Å²) in [4.78, 5) is 24.8. The molecular formula is C17H15FN2O3. The zero-order valence-corrected chi connectivity index (χ0v) is 12.6. The van der Waals surface area contributed by atoms with Gasteiger partial charge in [0.2, 0.25) is 0 Å². The second kappa shape index (κ2) is 5.39. The molecule has 2 aromatic rings. The van der Waals surface area contributed by atoms with E-state index in [2.05, 4.69) is 10.6 Å². The molecule has 23 heavy (non-hydrogen) atoms. The highest BCUT2D eigenvalue weighted by molar-refractivity contribution is 6.19. The highest BCUT2D eigenvalue weighted by atomic mass is 19.1. The Hall–Kier alpha value is -2.89. The molecule has 3 rings (SSSR count). The predicted octanol–water partition coefficient (Wildman–Crippen LogP) is 2.86. The number of hydrogen-bond donors (Lipinski definition) is 2. The van der Waals surface area contributed by atoms with Gasteiger partial charge in [-0.05, 0) is 43.7 Å². The zero-order chi connectivity index (χ0) is 16.6. The molecule has 0 spiro atoms. The minimum atomic E-state index is -1.79. The molecule has 0 aromatic heterocycles. The summed E-state index contributed by atoms with van der Waals surface area (Å²) >= 11 is 0. The maximum Gasteiger partial charge on any atom is 0.278 e. The molecule has 0 radical (unpaired) electrons. The Balaban J connectivity index is 1.89. The fourth-order valence-corrected chi connectivity index (χ4v) is 2.29. The van der Waals surface area contributed by atoms with Crippen LogP contribution in [-0.4, -0.2) is 17.4 Å². The van der Waals surface area contributed by atoms with Crippen LogP contribution in [0.15, 0.2) is 42.5 Å². The van der Waals surface area contributed by atoms with E-state index in [4.69, 9.17) is 4.74 Å². The minimum Gasteiger partial charge on any atom is -0.466 e. The maximum absolute atomic E-state index is 13.8. The quantitative estimate of drug-likeness (QED) is 0.838. The van der Waals surface area contributed by atoms with Gasteiger partial charge in [-0.25, -0.2) is 4.39 Å². The monoisotopic (exact) mass is 314 g/mol. The lowest BCUT2D eigenvalue weighted by molar-refractivity contribution is -0.143. The number of aryl methyl sites for hydroxylation is 1. The summed E-state index contributed by atoms with van der Waals surface area (Å²) in [6, 6.07) is 11.1. The van der Waals surface area contributed by atoms with Gasteiger partial charge in [-0.1, -0.05) is 18.2 Å². The Morgan fingerprint density at radius 3 is 2.78 bits per heavy atom. The third-order valence-electron chi connectivity index (χ3n) is 3.69. The number of nitrogens with one attached hydrogen (secondary N) is 2. The molecule has 0 fully saturated rings. The Morgan fingerprint density at radius 2 is 2.00 bits per heavy atom. The van der Waals surface area contributed by atoms with Crippen molar-refractivity contribution < 1.29 is 18.7 Å². The Bertz CT molecular complexity index is 806. The number of para-hydroxylation sites is 2. The first-order valence-corrected chi connectivity index (χ1v) is 7.07. The average molecular weight is 314 g/mol. The molecule has 118 valence electrons. The summed E-state index contributed by atoms with van der Waals surface area (Å²) < 4.78 is 19.4. The van der Waals surface area contributed by atoms with Crippen LogP contribution in [0.2, 0.25) is 0 Å². The van der Waals surface area contributed by atoms with Gasteiger partial charge in [0.1, 0.15) is 11.6 Å². The van der Waals surface area contributed by atoms with Gasteiger partial charge in [0.15, 0.2) is 0 Å². The van der Waals surface area contributed by atoms with Crippen LogP contribution in [0.1, 0.15) is 12.5 Å². The van der Waals surface area contributed by atoms with Crippen LogP contribution in [0.4, 0.5) is 15.8 Å². The van der Waals surface area contributed by atoms with Gasteiger partial charge in [-0.3, -0.25) is 9.59 Å². The molecule has 1 atom stereocenters. The highest BCUT2D eigenvalue weighted by Gasteiger charge is 2.47. The van der Waals surface area contributed by atoms with E-state index in [1.165, 1.54) is 19.1 Å². The van der Waals surface area contributed by atoms with E-state index < -0.39 is 23.2 Å². The van der Waals surface area contributed by atoms with Crippen LogP contribution < -0.4 is 15.4 Å². The molecule has 2 amide bonds. The summed E-state index contributed by atoms with van der Waals surface area (Å²) in [6.45, 7) is 3.12. The number of amides is 2. The van der Waals surface area contributed by atoms with Crippen LogP contribution in [0.3, 0.4) is 0 Å². The van der Waals surface area contributed by atoms with E-state index in [-0.39, 0.29) is 5.69 Å². The van der Waals surface area contributed by atoms with Crippen LogP contribution in [0.25, 0.3) is 0 Å². The third kappa shape index (κ3) is 2.63.